The number of nitrogens with zero attached hydrogens (tertiary/aromatic N) is 2. The SMILES string of the molecule is COc1cc(N2C[C@H](O)C[C@H]2C(=O)O)c(-c2cc3nccc(-c4ccccc4)c3o2)cc1C(N)=O. The maximum Gasteiger partial charge on any atom is 0.326 e. The number of hydrogen-bond acceptors (Lipinski definition) is 7. The lowest BCUT2D eigenvalue weighted by atomic mass is 10.0. The Hall–Kier alpha value is -4.37. The molecule has 35 heavy (non-hydrogen) atoms. The average molecular weight is 473 g/mol. The average Bonchev–Trinajstić information content (AvgIpc) is 3.47. The van der Waals surface area contributed by atoms with Crippen LogP contribution in [0.3, 0.4) is 0 Å². The van der Waals surface area contributed by atoms with Gasteiger partial charge in [-0.15, -0.1) is 0 Å². The van der Waals surface area contributed by atoms with E-state index in [9.17, 15) is 19.8 Å². The van der Waals surface area contributed by atoms with E-state index in [1.165, 1.54) is 13.2 Å². The molecule has 1 amide bonds. The van der Waals surface area contributed by atoms with Gasteiger partial charge < -0.3 is 30.0 Å². The zero-order chi connectivity index (χ0) is 24.7. The number of amides is 1. The van der Waals surface area contributed by atoms with Crippen LogP contribution in [0.5, 0.6) is 5.75 Å². The van der Waals surface area contributed by atoms with E-state index in [-0.39, 0.29) is 24.3 Å². The van der Waals surface area contributed by atoms with Crippen molar-refractivity contribution >= 4 is 28.7 Å². The number of rotatable bonds is 6. The molecule has 1 aliphatic rings. The van der Waals surface area contributed by atoms with Crippen LogP contribution >= 0.6 is 0 Å². The van der Waals surface area contributed by atoms with Gasteiger partial charge in [0.1, 0.15) is 23.1 Å². The molecule has 0 bridgehead atoms. The van der Waals surface area contributed by atoms with Gasteiger partial charge in [0.05, 0.1) is 24.5 Å². The summed E-state index contributed by atoms with van der Waals surface area (Å²) in [5.41, 5.74) is 9.54. The Balaban J connectivity index is 1.74. The molecule has 0 radical (unpaired) electrons. The smallest absolute Gasteiger partial charge is 0.326 e. The van der Waals surface area contributed by atoms with Gasteiger partial charge in [0.15, 0.2) is 5.58 Å². The Morgan fingerprint density at radius 2 is 1.91 bits per heavy atom. The topological polar surface area (TPSA) is 139 Å². The highest BCUT2D eigenvalue weighted by Gasteiger charge is 2.38. The molecule has 2 atom stereocenters. The first-order chi connectivity index (χ1) is 16.9. The van der Waals surface area contributed by atoms with Gasteiger partial charge in [-0.3, -0.25) is 9.78 Å². The number of primary amides is 1. The summed E-state index contributed by atoms with van der Waals surface area (Å²) < 4.78 is 11.7. The number of pyridine rings is 1. The number of nitrogens with two attached hydrogens (primary N) is 1. The standard InChI is InChI=1S/C26H23N3O6/c1-34-22-12-20(29-13-15(30)9-21(29)26(32)33)17(10-18(22)25(27)31)23-11-19-24(35-23)16(7-8-28-19)14-5-3-2-4-6-14/h2-8,10-12,15,21,30H,9,13H2,1H3,(H2,27,31)(H,32,33)/t15-,21+/m1/s1. The molecule has 4 N–H and O–H groups in total. The molecule has 9 nitrogen and oxygen atoms in total. The fourth-order valence-electron chi connectivity index (χ4n) is 4.60. The number of fused-ring (bicyclic) bond motifs is 1. The van der Waals surface area contributed by atoms with Gasteiger partial charge in [0.2, 0.25) is 0 Å². The van der Waals surface area contributed by atoms with E-state index in [1.54, 1.807) is 23.2 Å². The highest BCUT2D eigenvalue weighted by atomic mass is 16.5. The number of methoxy groups -OCH3 is 1. The predicted molar refractivity (Wildman–Crippen MR) is 129 cm³/mol. The van der Waals surface area contributed by atoms with Crippen molar-refractivity contribution in [3.05, 3.63) is 66.4 Å². The van der Waals surface area contributed by atoms with E-state index in [1.807, 2.05) is 36.4 Å². The van der Waals surface area contributed by atoms with E-state index >= 15 is 0 Å². The largest absolute Gasteiger partial charge is 0.496 e. The molecule has 0 aliphatic carbocycles. The van der Waals surface area contributed by atoms with Crippen LogP contribution in [0.2, 0.25) is 0 Å². The van der Waals surface area contributed by atoms with Crippen molar-refractivity contribution in [2.75, 3.05) is 18.6 Å². The Morgan fingerprint density at radius 1 is 1.14 bits per heavy atom. The Kier molecular flexibility index (Phi) is 5.62. The van der Waals surface area contributed by atoms with Gasteiger partial charge >= 0.3 is 5.97 Å². The molecular weight excluding hydrogens is 450 g/mol. The zero-order valence-electron chi connectivity index (χ0n) is 18.8. The number of aliphatic carboxylic acids is 1. The van der Waals surface area contributed by atoms with E-state index in [0.717, 1.165) is 11.1 Å². The van der Waals surface area contributed by atoms with Gasteiger partial charge in [0.25, 0.3) is 5.91 Å². The molecule has 0 spiro atoms. The zero-order valence-corrected chi connectivity index (χ0v) is 18.8. The highest BCUT2D eigenvalue weighted by Crippen LogP contribution is 2.42. The van der Waals surface area contributed by atoms with Crippen molar-refractivity contribution < 1.29 is 29.0 Å². The van der Waals surface area contributed by atoms with Gasteiger partial charge in [-0.05, 0) is 17.7 Å². The third kappa shape index (κ3) is 3.95. The molecule has 5 rings (SSSR count). The lowest BCUT2D eigenvalue weighted by Gasteiger charge is -2.26. The van der Waals surface area contributed by atoms with Crippen molar-refractivity contribution in [1.29, 1.82) is 0 Å². The first kappa shape index (κ1) is 22.4. The monoisotopic (exact) mass is 473 g/mol. The number of hydrogen-bond donors (Lipinski definition) is 3. The summed E-state index contributed by atoms with van der Waals surface area (Å²) in [6, 6.07) is 15.4. The van der Waals surface area contributed by atoms with Crippen LogP contribution in [0, 0.1) is 0 Å². The van der Waals surface area contributed by atoms with Crippen LogP contribution in [0.1, 0.15) is 16.8 Å². The van der Waals surface area contributed by atoms with Gasteiger partial charge in [-0.1, -0.05) is 30.3 Å². The second-order valence-corrected chi connectivity index (χ2v) is 8.38. The van der Waals surface area contributed by atoms with Crippen LogP contribution in [-0.2, 0) is 4.79 Å². The van der Waals surface area contributed by atoms with Crippen LogP contribution < -0.4 is 15.4 Å². The predicted octanol–water partition coefficient (Wildman–Crippen LogP) is 3.29. The minimum atomic E-state index is -1.07. The van der Waals surface area contributed by atoms with Crippen molar-refractivity contribution in [3.63, 3.8) is 0 Å². The molecule has 1 aliphatic heterocycles. The first-order valence-electron chi connectivity index (χ1n) is 11.0. The van der Waals surface area contributed by atoms with Crippen LogP contribution in [0.4, 0.5) is 5.69 Å². The normalized spacial score (nSPS) is 17.6. The number of furan rings is 1. The van der Waals surface area contributed by atoms with Gasteiger partial charge in [-0.2, -0.15) is 0 Å². The molecule has 1 saturated heterocycles. The number of aromatic nitrogens is 1. The number of carboxylic acids is 1. The van der Waals surface area contributed by atoms with E-state index < -0.39 is 24.0 Å². The van der Waals surface area contributed by atoms with Gasteiger partial charge in [-0.25, -0.2) is 4.79 Å². The Morgan fingerprint density at radius 3 is 2.60 bits per heavy atom. The van der Waals surface area contributed by atoms with E-state index in [4.69, 9.17) is 14.9 Å². The second kappa shape index (κ2) is 8.77. The molecule has 3 heterocycles. The molecule has 2 aromatic carbocycles. The van der Waals surface area contributed by atoms with E-state index in [2.05, 4.69) is 4.98 Å². The summed E-state index contributed by atoms with van der Waals surface area (Å²) in [5, 5.41) is 20.0. The van der Waals surface area contributed by atoms with Crippen molar-refractivity contribution in [1.82, 2.24) is 4.98 Å². The summed E-state index contributed by atoms with van der Waals surface area (Å²) in [4.78, 5) is 30.2. The first-order valence-corrected chi connectivity index (χ1v) is 11.0. The summed E-state index contributed by atoms with van der Waals surface area (Å²) in [7, 11) is 1.40. The number of β-amino-alcohol motifs (C(OH)–C–C–N with tert-alkyl or cyclic N) is 1. The van der Waals surface area contributed by atoms with E-state index in [0.29, 0.717) is 28.1 Å². The fraction of sp³-hybridized carbons (Fsp3) is 0.192. The maximum absolute atomic E-state index is 12.2. The van der Waals surface area contributed by atoms with Crippen molar-refractivity contribution in [3.8, 4) is 28.2 Å². The number of ether oxygens (including phenoxy) is 1. The summed E-state index contributed by atoms with van der Waals surface area (Å²) in [6.07, 6.45) is 0.923. The number of benzene rings is 2. The number of aliphatic hydroxyl groups excluding tert-OH is 1. The van der Waals surface area contributed by atoms with Crippen LogP contribution in [0.25, 0.3) is 33.6 Å². The number of carbonyl (C=O) groups is 2. The molecule has 0 saturated carbocycles. The molecule has 2 aromatic heterocycles. The van der Waals surface area contributed by atoms with Crippen molar-refractivity contribution in [2.45, 2.75) is 18.6 Å². The number of carbonyl (C=O) groups excluding carboxylic acids is 1. The maximum atomic E-state index is 12.2. The minimum Gasteiger partial charge on any atom is -0.496 e. The van der Waals surface area contributed by atoms with Crippen molar-refractivity contribution in [2.24, 2.45) is 5.73 Å². The molecule has 9 heteroatoms. The molecule has 0 unspecified atom stereocenters. The second-order valence-electron chi connectivity index (χ2n) is 8.38. The quantitative estimate of drug-likeness (QED) is 0.388. The highest BCUT2D eigenvalue weighted by molar-refractivity contribution is 6.00. The molecule has 4 aromatic rings. The van der Waals surface area contributed by atoms with Gasteiger partial charge in [0, 0.05) is 42.4 Å². The molecule has 178 valence electrons. The summed E-state index contributed by atoms with van der Waals surface area (Å²) in [5.74, 6) is -1.20. The summed E-state index contributed by atoms with van der Waals surface area (Å²) >= 11 is 0. The lowest BCUT2D eigenvalue weighted by molar-refractivity contribution is -0.138. The third-order valence-electron chi connectivity index (χ3n) is 6.22. The molecular formula is C26H23N3O6. The summed E-state index contributed by atoms with van der Waals surface area (Å²) in [6.45, 7) is 0.0940. The fourth-order valence-corrected chi connectivity index (χ4v) is 4.60. The van der Waals surface area contributed by atoms with Crippen LogP contribution in [0.15, 0.2) is 65.2 Å². The number of aliphatic hydroxyl groups is 1. The number of carboxylic acid groups (broad SMARTS) is 1. The van der Waals surface area contributed by atoms with Crippen LogP contribution in [-0.4, -0.2) is 52.9 Å². The Bertz CT molecular complexity index is 1430. The Labute approximate surface area is 200 Å². The third-order valence-corrected chi connectivity index (χ3v) is 6.22. The molecule has 1 fully saturated rings. The minimum absolute atomic E-state index is 0.0640. The lowest BCUT2D eigenvalue weighted by Crippen LogP contribution is -2.36. The number of anilines is 1.